The number of amides is 1. The number of carbonyl (C=O) groups is 1. The Morgan fingerprint density at radius 2 is 2.28 bits per heavy atom. The Morgan fingerprint density at radius 3 is 3.00 bits per heavy atom. The Hall–Kier alpha value is -1.24. The van der Waals surface area contributed by atoms with Gasteiger partial charge in [-0.1, -0.05) is 11.6 Å². The highest BCUT2D eigenvalue weighted by Crippen LogP contribution is 2.39. The first-order chi connectivity index (χ1) is 12.0. The first-order valence-electron chi connectivity index (χ1n) is 9.23. The molecular weight excluding hydrogens is 334 g/mol. The predicted octanol–water partition coefficient (Wildman–Crippen LogP) is 2.79. The minimum Gasteiger partial charge on any atom is -0.392 e. The van der Waals surface area contributed by atoms with Gasteiger partial charge >= 0.3 is 0 Å². The Bertz CT molecular complexity index is 612. The van der Waals surface area contributed by atoms with Gasteiger partial charge in [0.25, 0.3) is 5.91 Å². The van der Waals surface area contributed by atoms with Crippen molar-refractivity contribution < 1.29 is 9.90 Å². The van der Waals surface area contributed by atoms with Crippen molar-refractivity contribution in [2.24, 2.45) is 5.41 Å². The second-order valence-electron chi connectivity index (χ2n) is 7.76. The van der Waals surface area contributed by atoms with Gasteiger partial charge in [0.2, 0.25) is 0 Å². The lowest BCUT2D eigenvalue weighted by Gasteiger charge is -2.51. The minimum absolute atomic E-state index is 0.0571. The molecule has 0 bridgehead atoms. The third-order valence-corrected chi connectivity index (χ3v) is 6.12. The normalized spacial score (nSPS) is 27.5. The largest absolute Gasteiger partial charge is 0.392 e. The van der Waals surface area contributed by atoms with Crippen molar-refractivity contribution in [1.29, 1.82) is 0 Å². The van der Waals surface area contributed by atoms with Crippen LogP contribution in [0.1, 0.15) is 49.9 Å². The monoisotopic (exact) mass is 363 g/mol. The highest BCUT2D eigenvalue weighted by molar-refractivity contribution is 7.03. The number of hydrogen-bond donors (Lipinski definition) is 1. The molecule has 1 N–H and O–H groups in total. The average molecular weight is 364 g/mol. The summed E-state index contributed by atoms with van der Waals surface area (Å²) in [6.45, 7) is 8.56. The Morgan fingerprint density at radius 1 is 1.44 bits per heavy atom. The molecule has 25 heavy (non-hydrogen) atoms. The molecule has 0 saturated carbocycles. The van der Waals surface area contributed by atoms with E-state index in [1.54, 1.807) is 6.20 Å². The van der Waals surface area contributed by atoms with E-state index in [0.717, 1.165) is 51.9 Å². The van der Waals surface area contributed by atoms with Crippen LogP contribution in [0.15, 0.2) is 23.2 Å². The fourth-order valence-corrected chi connectivity index (χ4v) is 4.71. The zero-order chi connectivity index (χ0) is 17.9. The van der Waals surface area contributed by atoms with Gasteiger partial charge in [0.15, 0.2) is 0 Å². The van der Waals surface area contributed by atoms with Crippen molar-refractivity contribution >= 4 is 17.4 Å². The lowest BCUT2D eigenvalue weighted by molar-refractivity contribution is -0.0782. The quantitative estimate of drug-likeness (QED) is 0.836. The molecule has 5 nitrogen and oxygen atoms in total. The van der Waals surface area contributed by atoms with Crippen LogP contribution < -0.4 is 0 Å². The number of hydrogen-bond acceptors (Lipinski definition) is 5. The maximum absolute atomic E-state index is 12.7. The summed E-state index contributed by atoms with van der Waals surface area (Å²) in [6.07, 6.45) is 7.42. The Balaban J connectivity index is 1.67. The van der Waals surface area contributed by atoms with E-state index in [1.807, 2.05) is 10.3 Å². The minimum atomic E-state index is -0.316. The van der Waals surface area contributed by atoms with Gasteiger partial charge in [-0.2, -0.15) is 0 Å². The molecule has 0 aliphatic carbocycles. The first-order valence-corrected chi connectivity index (χ1v) is 10.1. The van der Waals surface area contributed by atoms with Gasteiger partial charge in [0, 0.05) is 43.5 Å². The molecule has 6 heteroatoms. The van der Waals surface area contributed by atoms with Crippen LogP contribution in [0.5, 0.6) is 0 Å². The van der Waals surface area contributed by atoms with Crippen LogP contribution in [0.3, 0.4) is 0 Å². The third kappa shape index (κ3) is 4.30. The molecule has 1 spiro atoms. The smallest absolute Gasteiger partial charge is 0.256 e. The molecule has 138 valence electrons. The highest BCUT2D eigenvalue weighted by atomic mass is 32.1. The number of rotatable bonds is 4. The number of aromatic nitrogens is 1. The van der Waals surface area contributed by atoms with Gasteiger partial charge in [-0.15, -0.1) is 0 Å². The summed E-state index contributed by atoms with van der Waals surface area (Å²) in [5, 5.41) is 12.6. The van der Waals surface area contributed by atoms with Crippen LogP contribution in [-0.2, 0) is 0 Å². The summed E-state index contributed by atoms with van der Waals surface area (Å²) >= 11 is 1.31. The van der Waals surface area contributed by atoms with E-state index >= 15 is 0 Å². The van der Waals surface area contributed by atoms with Gasteiger partial charge in [-0.25, -0.2) is 4.37 Å². The molecule has 3 heterocycles. The van der Waals surface area contributed by atoms with Crippen LogP contribution in [-0.4, -0.2) is 64.0 Å². The van der Waals surface area contributed by atoms with Crippen LogP contribution in [0, 0.1) is 5.41 Å². The van der Waals surface area contributed by atoms with Gasteiger partial charge in [0.05, 0.1) is 17.9 Å². The summed E-state index contributed by atoms with van der Waals surface area (Å²) < 4.78 is 4.05. The Labute approximate surface area is 154 Å². The number of nitrogens with zero attached hydrogens (tertiary/aromatic N) is 3. The van der Waals surface area contributed by atoms with Crippen LogP contribution in [0.2, 0.25) is 0 Å². The summed E-state index contributed by atoms with van der Waals surface area (Å²) in [7, 11) is 0. The van der Waals surface area contributed by atoms with E-state index in [2.05, 4.69) is 29.2 Å². The van der Waals surface area contributed by atoms with E-state index in [0.29, 0.717) is 12.1 Å². The average Bonchev–Trinajstić information content (AvgIpc) is 3.12. The molecule has 1 aromatic rings. The van der Waals surface area contributed by atoms with Gasteiger partial charge in [0.1, 0.15) is 0 Å². The standard InChI is InChI=1S/C19H29N3O2S/c1-15(2)5-3-8-21-10-6-17(23)19(13-21)7-4-9-22(14-19)18(24)16-11-20-25-12-16/h5,11-12,17,23H,3-4,6-10,13-14H2,1-2H3/t17-,19-/m1/s1. The number of allylic oxidation sites excluding steroid dienone is 1. The highest BCUT2D eigenvalue weighted by Gasteiger charge is 2.46. The summed E-state index contributed by atoms with van der Waals surface area (Å²) in [5.41, 5.74) is 1.85. The second-order valence-corrected chi connectivity index (χ2v) is 8.41. The molecule has 3 rings (SSSR count). The zero-order valence-corrected chi connectivity index (χ0v) is 16.1. The van der Waals surface area contributed by atoms with Crippen LogP contribution in [0.25, 0.3) is 0 Å². The van der Waals surface area contributed by atoms with Gasteiger partial charge in [-0.3, -0.25) is 4.79 Å². The number of aliphatic hydroxyl groups excluding tert-OH is 1. The predicted molar refractivity (Wildman–Crippen MR) is 101 cm³/mol. The van der Waals surface area contributed by atoms with Crippen molar-refractivity contribution in [3.8, 4) is 0 Å². The van der Waals surface area contributed by atoms with Crippen molar-refractivity contribution in [1.82, 2.24) is 14.2 Å². The molecule has 0 aromatic carbocycles. The number of carbonyl (C=O) groups excluding carboxylic acids is 1. The van der Waals surface area contributed by atoms with Crippen LogP contribution >= 0.6 is 11.5 Å². The molecule has 1 amide bonds. The topological polar surface area (TPSA) is 56.7 Å². The number of aliphatic hydroxyl groups is 1. The molecule has 0 radical (unpaired) electrons. The fraction of sp³-hybridized carbons (Fsp3) is 0.684. The van der Waals surface area contributed by atoms with E-state index < -0.39 is 0 Å². The van der Waals surface area contributed by atoms with Crippen molar-refractivity contribution in [2.75, 3.05) is 32.7 Å². The third-order valence-electron chi connectivity index (χ3n) is 5.54. The van der Waals surface area contributed by atoms with Gasteiger partial charge < -0.3 is 14.9 Å². The van der Waals surface area contributed by atoms with Crippen molar-refractivity contribution in [3.05, 3.63) is 28.8 Å². The number of piperidine rings is 2. The molecule has 2 aliphatic heterocycles. The molecule has 0 unspecified atom stereocenters. The second kappa shape index (κ2) is 7.98. The zero-order valence-electron chi connectivity index (χ0n) is 15.3. The number of likely N-dealkylation sites (tertiary alicyclic amines) is 2. The SMILES string of the molecule is CC(C)=CCCN1CC[C@@H](O)[C@]2(CCCN(C(=O)c3cnsc3)C2)C1. The maximum atomic E-state index is 12.7. The van der Waals surface area contributed by atoms with Gasteiger partial charge in [-0.05, 0) is 51.1 Å². The molecule has 2 atom stereocenters. The summed E-state index contributed by atoms with van der Waals surface area (Å²) in [5.74, 6) is 0.0571. The van der Waals surface area contributed by atoms with Crippen LogP contribution in [0.4, 0.5) is 0 Å². The van der Waals surface area contributed by atoms with E-state index in [4.69, 9.17) is 0 Å². The van der Waals surface area contributed by atoms with E-state index in [9.17, 15) is 9.90 Å². The molecular formula is C19H29N3O2S. The molecule has 2 aliphatic rings. The first kappa shape index (κ1) is 18.5. The lowest BCUT2D eigenvalue weighted by Crippen LogP contribution is -2.59. The Kier molecular flexibility index (Phi) is 5.92. The van der Waals surface area contributed by atoms with Crippen molar-refractivity contribution in [3.63, 3.8) is 0 Å². The fourth-order valence-electron chi connectivity index (χ4n) is 4.20. The molecule has 1 aromatic heterocycles. The summed E-state index contributed by atoms with van der Waals surface area (Å²) in [6, 6.07) is 0. The maximum Gasteiger partial charge on any atom is 0.256 e. The lowest BCUT2D eigenvalue weighted by atomic mass is 9.71. The summed E-state index contributed by atoms with van der Waals surface area (Å²) in [4.78, 5) is 17.1. The molecule has 2 saturated heterocycles. The molecule has 2 fully saturated rings. The van der Waals surface area contributed by atoms with Crippen molar-refractivity contribution in [2.45, 2.75) is 45.6 Å². The van der Waals surface area contributed by atoms with E-state index in [-0.39, 0.29) is 17.4 Å². The van der Waals surface area contributed by atoms with E-state index in [1.165, 1.54) is 17.1 Å².